The standard InChI is InChI=1S/C6H10N2O3/c1-4(10)5(7)2-8-6(11)3-9/h3,5H,2,7H2,1H3,(H,8,11). The van der Waals surface area contributed by atoms with Crippen LogP contribution in [0.3, 0.4) is 0 Å². The molecule has 0 aliphatic heterocycles. The lowest BCUT2D eigenvalue weighted by atomic mass is 10.2. The molecule has 0 fully saturated rings. The van der Waals surface area contributed by atoms with Crippen LogP contribution in [0.4, 0.5) is 0 Å². The van der Waals surface area contributed by atoms with Crippen molar-refractivity contribution in [1.29, 1.82) is 0 Å². The first kappa shape index (κ1) is 9.77. The van der Waals surface area contributed by atoms with Crippen molar-refractivity contribution in [3.63, 3.8) is 0 Å². The first-order chi connectivity index (χ1) is 5.07. The van der Waals surface area contributed by atoms with E-state index in [4.69, 9.17) is 5.73 Å². The minimum absolute atomic E-state index is 0.00685. The predicted octanol–water partition coefficient (Wildman–Crippen LogP) is -1.78. The highest BCUT2D eigenvalue weighted by molar-refractivity contribution is 6.23. The van der Waals surface area contributed by atoms with Crippen LogP contribution in [0.2, 0.25) is 0 Å². The van der Waals surface area contributed by atoms with Gasteiger partial charge in [0.15, 0.2) is 0 Å². The van der Waals surface area contributed by atoms with Gasteiger partial charge in [0.25, 0.3) is 5.91 Å². The molecule has 0 heterocycles. The first-order valence-corrected chi connectivity index (χ1v) is 3.07. The molecule has 0 aromatic rings. The summed E-state index contributed by atoms with van der Waals surface area (Å²) in [6.45, 7) is 1.32. The number of Topliss-reactive ketones (excluding diaryl/α,β-unsaturated/α-hetero) is 1. The summed E-state index contributed by atoms with van der Waals surface area (Å²) in [4.78, 5) is 30.5. The van der Waals surface area contributed by atoms with Crippen LogP contribution in [-0.4, -0.2) is 30.6 Å². The van der Waals surface area contributed by atoms with Crippen molar-refractivity contribution >= 4 is 18.0 Å². The van der Waals surface area contributed by atoms with Crippen LogP contribution in [0.5, 0.6) is 0 Å². The van der Waals surface area contributed by atoms with E-state index in [0.717, 1.165) is 0 Å². The third kappa shape index (κ3) is 4.21. The predicted molar refractivity (Wildman–Crippen MR) is 37.7 cm³/mol. The highest BCUT2D eigenvalue weighted by atomic mass is 16.2. The van der Waals surface area contributed by atoms with Crippen molar-refractivity contribution in [3.8, 4) is 0 Å². The molecular weight excluding hydrogens is 148 g/mol. The van der Waals surface area contributed by atoms with Crippen molar-refractivity contribution < 1.29 is 14.4 Å². The SMILES string of the molecule is CC(=O)C(N)CNC(=O)C=O. The van der Waals surface area contributed by atoms with E-state index in [-0.39, 0.29) is 18.6 Å². The van der Waals surface area contributed by atoms with Gasteiger partial charge in [0, 0.05) is 6.54 Å². The molecule has 1 amide bonds. The van der Waals surface area contributed by atoms with Gasteiger partial charge in [0.2, 0.25) is 6.29 Å². The number of amides is 1. The van der Waals surface area contributed by atoms with Crippen LogP contribution in [0, 0.1) is 0 Å². The molecule has 0 aliphatic carbocycles. The number of hydrogen-bond acceptors (Lipinski definition) is 4. The number of hydrogen-bond donors (Lipinski definition) is 2. The molecule has 1 atom stereocenters. The summed E-state index contributed by atoms with van der Waals surface area (Å²) in [5.74, 6) is -0.988. The summed E-state index contributed by atoms with van der Waals surface area (Å²) < 4.78 is 0. The van der Waals surface area contributed by atoms with Gasteiger partial charge in [-0.1, -0.05) is 0 Å². The van der Waals surface area contributed by atoms with Crippen LogP contribution in [0.1, 0.15) is 6.92 Å². The normalized spacial score (nSPS) is 11.8. The quantitative estimate of drug-likeness (QED) is 0.374. The van der Waals surface area contributed by atoms with E-state index in [1.807, 2.05) is 0 Å². The molecule has 0 saturated carbocycles. The minimum atomic E-state index is -0.762. The number of nitrogens with one attached hydrogen (secondary N) is 1. The van der Waals surface area contributed by atoms with Gasteiger partial charge < -0.3 is 11.1 Å². The van der Waals surface area contributed by atoms with Crippen molar-refractivity contribution in [1.82, 2.24) is 5.32 Å². The Balaban J connectivity index is 3.62. The second-order valence-electron chi connectivity index (χ2n) is 2.08. The summed E-state index contributed by atoms with van der Waals surface area (Å²) in [6.07, 6.45) is 0.132. The molecule has 5 heteroatoms. The molecule has 3 N–H and O–H groups in total. The topological polar surface area (TPSA) is 89.3 Å². The van der Waals surface area contributed by atoms with Crippen LogP contribution >= 0.6 is 0 Å². The fraction of sp³-hybridized carbons (Fsp3) is 0.500. The van der Waals surface area contributed by atoms with Gasteiger partial charge >= 0.3 is 0 Å². The molecule has 62 valence electrons. The van der Waals surface area contributed by atoms with Gasteiger partial charge in [-0.25, -0.2) is 0 Å². The maximum Gasteiger partial charge on any atom is 0.284 e. The Morgan fingerprint density at radius 3 is 2.55 bits per heavy atom. The first-order valence-electron chi connectivity index (χ1n) is 3.07. The molecule has 0 rings (SSSR count). The van der Waals surface area contributed by atoms with E-state index < -0.39 is 11.9 Å². The number of carbonyl (C=O) groups excluding carboxylic acids is 3. The Labute approximate surface area is 63.9 Å². The Morgan fingerprint density at radius 2 is 2.18 bits per heavy atom. The smallest absolute Gasteiger partial charge is 0.284 e. The van der Waals surface area contributed by atoms with E-state index >= 15 is 0 Å². The number of aldehydes is 1. The summed E-state index contributed by atoms with van der Waals surface area (Å²) in [7, 11) is 0. The van der Waals surface area contributed by atoms with E-state index in [1.54, 1.807) is 0 Å². The Bertz CT molecular complexity index is 179. The van der Waals surface area contributed by atoms with E-state index in [0.29, 0.717) is 0 Å². The molecule has 1 unspecified atom stereocenters. The molecule has 11 heavy (non-hydrogen) atoms. The van der Waals surface area contributed by atoms with Crippen molar-refractivity contribution in [2.75, 3.05) is 6.54 Å². The zero-order valence-corrected chi connectivity index (χ0v) is 6.16. The summed E-state index contributed by atoms with van der Waals surface area (Å²) in [5, 5.41) is 2.16. The molecule has 5 nitrogen and oxygen atoms in total. The molecule has 0 aromatic heterocycles. The maximum absolute atomic E-state index is 10.5. The number of ketones is 1. The molecule has 0 spiro atoms. The lowest BCUT2D eigenvalue weighted by molar-refractivity contribution is -0.131. The number of rotatable bonds is 4. The lowest BCUT2D eigenvalue weighted by Crippen LogP contribution is -2.41. The third-order valence-corrected chi connectivity index (χ3v) is 1.13. The van der Waals surface area contributed by atoms with Crippen LogP contribution in [0.15, 0.2) is 0 Å². The average Bonchev–Trinajstić information content (AvgIpc) is 1.99. The monoisotopic (exact) mass is 158 g/mol. The highest BCUT2D eigenvalue weighted by Gasteiger charge is 2.08. The molecule has 0 aromatic carbocycles. The zero-order chi connectivity index (χ0) is 8.85. The number of nitrogens with two attached hydrogens (primary N) is 1. The Morgan fingerprint density at radius 1 is 1.64 bits per heavy atom. The molecule has 0 saturated heterocycles. The Hall–Kier alpha value is -1.23. The summed E-state index contributed by atoms with van der Waals surface area (Å²) >= 11 is 0. The third-order valence-electron chi connectivity index (χ3n) is 1.13. The van der Waals surface area contributed by atoms with Gasteiger partial charge in [-0.2, -0.15) is 0 Å². The van der Waals surface area contributed by atoms with Crippen LogP contribution in [-0.2, 0) is 14.4 Å². The molecule has 0 bridgehead atoms. The molecule has 0 aliphatic rings. The van der Waals surface area contributed by atoms with Crippen molar-refractivity contribution in [2.45, 2.75) is 13.0 Å². The summed E-state index contributed by atoms with van der Waals surface area (Å²) in [6, 6.07) is -0.723. The van der Waals surface area contributed by atoms with Gasteiger partial charge in [0.1, 0.15) is 5.78 Å². The fourth-order valence-corrected chi connectivity index (χ4v) is 0.396. The van der Waals surface area contributed by atoms with Gasteiger partial charge in [-0.05, 0) is 6.92 Å². The highest BCUT2D eigenvalue weighted by Crippen LogP contribution is 1.76. The second-order valence-corrected chi connectivity index (χ2v) is 2.08. The van der Waals surface area contributed by atoms with E-state index in [9.17, 15) is 14.4 Å². The van der Waals surface area contributed by atoms with Crippen molar-refractivity contribution in [2.24, 2.45) is 5.73 Å². The summed E-state index contributed by atoms with van der Waals surface area (Å²) in [5.41, 5.74) is 5.24. The van der Waals surface area contributed by atoms with E-state index in [2.05, 4.69) is 5.32 Å². The van der Waals surface area contributed by atoms with Gasteiger partial charge in [0.05, 0.1) is 6.04 Å². The minimum Gasteiger partial charge on any atom is -0.348 e. The van der Waals surface area contributed by atoms with Crippen molar-refractivity contribution in [3.05, 3.63) is 0 Å². The number of carbonyl (C=O) groups is 3. The second kappa shape index (κ2) is 4.56. The van der Waals surface area contributed by atoms with Crippen LogP contribution < -0.4 is 11.1 Å². The van der Waals surface area contributed by atoms with Crippen LogP contribution in [0.25, 0.3) is 0 Å². The van der Waals surface area contributed by atoms with Gasteiger partial charge in [-0.15, -0.1) is 0 Å². The lowest BCUT2D eigenvalue weighted by Gasteiger charge is -2.06. The maximum atomic E-state index is 10.5. The molecular formula is C6H10N2O3. The van der Waals surface area contributed by atoms with E-state index in [1.165, 1.54) is 6.92 Å². The van der Waals surface area contributed by atoms with Gasteiger partial charge in [-0.3, -0.25) is 14.4 Å². The largest absolute Gasteiger partial charge is 0.348 e. The molecule has 0 radical (unpaired) electrons. The fourth-order valence-electron chi connectivity index (χ4n) is 0.396. The zero-order valence-electron chi connectivity index (χ0n) is 6.16. The Kier molecular flexibility index (Phi) is 4.05. The average molecular weight is 158 g/mol.